The van der Waals surface area contributed by atoms with E-state index in [2.05, 4.69) is 15.3 Å². The number of hydrogen-bond acceptors (Lipinski definition) is 3. The van der Waals surface area contributed by atoms with E-state index in [1.807, 2.05) is 12.1 Å². The van der Waals surface area contributed by atoms with Crippen LogP contribution >= 0.6 is 0 Å². The first kappa shape index (κ1) is 19.6. The molecule has 7 heteroatoms. The summed E-state index contributed by atoms with van der Waals surface area (Å²) in [6.45, 7) is -0.0238. The minimum absolute atomic E-state index is 0.0238. The molecule has 0 unspecified atom stereocenters. The Morgan fingerprint density at radius 2 is 1.70 bits per heavy atom. The third-order valence-electron chi connectivity index (χ3n) is 4.64. The highest BCUT2D eigenvalue weighted by atomic mass is 19.4. The van der Waals surface area contributed by atoms with E-state index in [0.717, 1.165) is 17.7 Å². The molecule has 4 nitrogen and oxygen atoms in total. The molecule has 1 N–H and O–H groups in total. The van der Waals surface area contributed by atoms with Gasteiger partial charge in [-0.25, -0.2) is 4.98 Å². The lowest BCUT2D eigenvalue weighted by Crippen LogP contribution is -2.23. The maximum Gasteiger partial charge on any atom is 0.416 e. The van der Waals surface area contributed by atoms with Crippen LogP contribution in [0.1, 0.15) is 21.5 Å². The van der Waals surface area contributed by atoms with E-state index < -0.39 is 11.7 Å². The predicted molar refractivity (Wildman–Crippen MR) is 108 cm³/mol. The average molecular weight is 407 g/mol. The number of para-hydroxylation sites is 1. The van der Waals surface area contributed by atoms with Crippen molar-refractivity contribution >= 4 is 16.8 Å². The second-order valence-electron chi connectivity index (χ2n) is 6.69. The van der Waals surface area contributed by atoms with Gasteiger partial charge in [-0.15, -0.1) is 0 Å². The number of pyridine rings is 2. The number of halogens is 3. The Balaban J connectivity index is 1.65. The molecule has 30 heavy (non-hydrogen) atoms. The van der Waals surface area contributed by atoms with Crippen LogP contribution in [0.2, 0.25) is 0 Å². The van der Waals surface area contributed by atoms with Crippen molar-refractivity contribution < 1.29 is 18.0 Å². The van der Waals surface area contributed by atoms with Gasteiger partial charge in [0.05, 0.1) is 22.3 Å². The van der Waals surface area contributed by atoms with Crippen LogP contribution in [0.3, 0.4) is 0 Å². The summed E-state index contributed by atoms with van der Waals surface area (Å²) >= 11 is 0. The van der Waals surface area contributed by atoms with Crippen molar-refractivity contribution in [2.24, 2.45) is 0 Å². The summed E-state index contributed by atoms with van der Waals surface area (Å²) in [4.78, 5) is 21.5. The van der Waals surface area contributed by atoms with Gasteiger partial charge in [-0.05, 0) is 42.0 Å². The summed E-state index contributed by atoms with van der Waals surface area (Å²) in [5, 5.41) is 3.38. The summed E-state index contributed by atoms with van der Waals surface area (Å²) in [5.74, 6) is -0.388. The molecule has 0 aliphatic heterocycles. The normalized spacial score (nSPS) is 11.4. The molecule has 0 fully saturated rings. The van der Waals surface area contributed by atoms with Crippen molar-refractivity contribution in [1.29, 1.82) is 0 Å². The number of hydrogen-bond donors (Lipinski definition) is 1. The van der Waals surface area contributed by atoms with Gasteiger partial charge in [0.1, 0.15) is 0 Å². The third-order valence-corrected chi connectivity index (χ3v) is 4.64. The number of amides is 1. The maximum absolute atomic E-state index is 12.9. The summed E-state index contributed by atoms with van der Waals surface area (Å²) in [5.41, 5.74) is 2.09. The van der Waals surface area contributed by atoms with Crippen LogP contribution in [0, 0.1) is 0 Å². The number of carbonyl (C=O) groups is 1. The molecule has 4 aromatic rings. The van der Waals surface area contributed by atoms with Gasteiger partial charge in [0, 0.05) is 29.9 Å². The minimum atomic E-state index is -4.43. The van der Waals surface area contributed by atoms with Crippen molar-refractivity contribution in [3.8, 4) is 11.3 Å². The van der Waals surface area contributed by atoms with Crippen LogP contribution in [0.15, 0.2) is 79.1 Å². The molecule has 2 heterocycles. The Labute approximate surface area is 170 Å². The third kappa shape index (κ3) is 4.15. The molecule has 0 aliphatic carbocycles. The van der Waals surface area contributed by atoms with E-state index in [1.165, 1.54) is 6.07 Å². The monoisotopic (exact) mass is 407 g/mol. The lowest BCUT2D eigenvalue weighted by molar-refractivity contribution is -0.137. The smallest absolute Gasteiger partial charge is 0.348 e. The van der Waals surface area contributed by atoms with E-state index in [-0.39, 0.29) is 12.5 Å². The number of alkyl halides is 3. The quantitative estimate of drug-likeness (QED) is 0.503. The van der Waals surface area contributed by atoms with Gasteiger partial charge in [0.15, 0.2) is 0 Å². The fourth-order valence-corrected chi connectivity index (χ4v) is 3.17. The summed E-state index contributed by atoms with van der Waals surface area (Å²) in [6.07, 6.45) is -1.15. The topological polar surface area (TPSA) is 54.9 Å². The molecule has 150 valence electrons. The predicted octanol–water partition coefficient (Wildman–Crippen LogP) is 5.25. The molecule has 2 aromatic carbocycles. The van der Waals surface area contributed by atoms with Gasteiger partial charge >= 0.3 is 6.18 Å². The van der Waals surface area contributed by atoms with Crippen LogP contribution in [-0.4, -0.2) is 15.9 Å². The number of carbonyl (C=O) groups excluding carboxylic acids is 1. The SMILES string of the molecule is O=C(NCc1cccc(C(F)(F)F)c1)c1cc(-c2ccncc2)nc2ccccc12. The van der Waals surface area contributed by atoms with Crippen molar-refractivity contribution in [3.05, 3.63) is 95.8 Å². The number of fused-ring (bicyclic) bond motifs is 1. The number of rotatable bonds is 4. The van der Waals surface area contributed by atoms with E-state index in [0.29, 0.717) is 27.7 Å². The average Bonchev–Trinajstić information content (AvgIpc) is 2.77. The number of benzene rings is 2. The molecule has 0 spiro atoms. The van der Waals surface area contributed by atoms with Gasteiger partial charge in [-0.2, -0.15) is 13.2 Å². The molecule has 0 bridgehead atoms. The first-order chi connectivity index (χ1) is 14.4. The number of nitrogens with one attached hydrogen (secondary N) is 1. The van der Waals surface area contributed by atoms with E-state index >= 15 is 0 Å². The van der Waals surface area contributed by atoms with Gasteiger partial charge in [0.2, 0.25) is 0 Å². The molecular formula is C23H16F3N3O. The molecule has 1 amide bonds. The Morgan fingerprint density at radius 3 is 2.47 bits per heavy atom. The van der Waals surface area contributed by atoms with Crippen LogP contribution in [0.5, 0.6) is 0 Å². The Hall–Kier alpha value is -3.74. The molecule has 0 atom stereocenters. The maximum atomic E-state index is 12.9. The fraction of sp³-hybridized carbons (Fsp3) is 0.0870. The molecular weight excluding hydrogens is 391 g/mol. The van der Waals surface area contributed by atoms with E-state index in [1.54, 1.807) is 48.8 Å². The van der Waals surface area contributed by atoms with Crippen LogP contribution < -0.4 is 5.32 Å². The zero-order chi connectivity index (χ0) is 21.1. The lowest BCUT2D eigenvalue weighted by atomic mass is 10.0. The second-order valence-corrected chi connectivity index (χ2v) is 6.69. The van der Waals surface area contributed by atoms with E-state index in [9.17, 15) is 18.0 Å². The highest BCUT2D eigenvalue weighted by Crippen LogP contribution is 2.29. The van der Waals surface area contributed by atoms with Crippen LogP contribution in [-0.2, 0) is 12.7 Å². The standard InChI is InChI=1S/C23H16F3N3O/c24-23(25,26)17-5-3-4-15(12-17)14-28-22(30)19-13-21(16-8-10-27-11-9-16)29-20-7-2-1-6-18(19)20/h1-13H,14H2,(H,28,30). The summed E-state index contributed by atoms with van der Waals surface area (Å²) in [6, 6.07) is 17.4. The van der Waals surface area contributed by atoms with Crippen molar-refractivity contribution in [2.45, 2.75) is 12.7 Å². The molecule has 4 rings (SSSR count). The molecule has 0 saturated carbocycles. The van der Waals surface area contributed by atoms with Gasteiger partial charge < -0.3 is 5.32 Å². The molecule has 0 radical (unpaired) electrons. The van der Waals surface area contributed by atoms with Gasteiger partial charge in [-0.1, -0.05) is 30.3 Å². The number of nitrogens with zero attached hydrogens (tertiary/aromatic N) is 2. The Kier molecular flexibility index (Phi) is 5.18. The van der Waals surface area contributed by atoms with Gasteiger partial charge in [-0.3, -0.25) is 9.78 Å². The fourth-order valence-electron chi connectivity index (χ4n) is 3.17. The first-order valence-electron chi connectivity index (χ1n) is 9.16. The minimum Gasteiger partial charge on any atom is -0.348 e. The van der Waals surface area contributed by atoms with Crippen molar-refractivity contribution in [2.75, 3.05) is 0 Å². The van der Waals surface area contributed by atoms with Crippen molar-refractivity contribution in [1.82, 2.24) is 15.3 Å². The van der Waals surface area contributed by atoms with Gasteiger partial charge in [0.25, 0.3) is 5.91 Å². The molecule has 0 aliphatic rings. The highest BCUT2D eigenvalue weighted by Gasteiger charge is 2.30. The molecule has 0 saturated heterocycles. The van der Waals surface area contributed by atoms with Crippen LogP contribution in [0.25, 0.3) is 22.2 Å². The van der Waals surface area contributed by atoms with E-state index in [4.69, 9.17) is 0 Å². The first-order valence-corrected chi connectivity index (χ1v) is 9.16. The number of aromatic nitrogens is 2. The zero-order valence-corrected chi connectivity index (χ0v) is 15.6. The highest BCUT2D eigenvalue weighted by molar-refractivity contribution is 6.07. The van der Waals surface area contributed by atoms with Crippen molar-refractivity contribution in [3.63, 3.8) is 0 Å². The molecule has 2 aromatic heterocycles. The summed E-state index contributed by atoms with van der Waals surface area (Å²) < 4.78 is 38.7. The lowest BCUT2D eigenvalue weighted by Gasteiger charge is -2.12. The summed E-state index contributed by atoms with van der Waals surface area (Å²) in [7, 11) is 0. The largest absolute Gasteiger partial charge is 0.416 e. The Morgan fingerprint density at radius 1 is 0.933 bits per heavy atom. The zero-order valence-electron chi connectivity index (χ0n) is 15.6. The Bertz CT molecular complexity index is 1210. The van der Waals surface area contributed by atoms with Crippen LogP contribution in [0.4, 0.5) is 13.2 Å². The second kappa shape index (κ2) is 7.94.